The predicted octanol–water partition coefficient (Wildman–Crippen LogP) is 3.22. The smallest absolute Gasteiger partial charge is 0.130 e. The van der Waals surface area contributed by atoms with Crippen LogP contribution >= 0.6 is 0 Å². The Labute approximate surface area is 120 Å². The van der Waals surface area contributed by atoms with Gasteiger partial charge in [0.05, 0.1) is 5.69 Å². The van der Waals surface area contributed by atoms with Crippen LogP contribution in [0.1, 0.15) is 29.7 Å². The van der Waals surface area contributed by atoms with E-state index in [0.29, 0.717) is 6.61 Å². The van der Waals surface area contributed by atoms with Gasteiger partial charge in [-0.15, -0.1) is 0 Å². The number of rotatable bonds is 6. The Bertz CT molecular complexity index is 561. The van der Waals surface area contributed by atoms with Gasteiger partial charge >= 0.3 is 0 Å². The summed E-state index contributed by atoms with van der Waals surface area (Å²) in [6.07, 6.45) is 4.57. The summed E-state index contributed by atoms with van der Waals surface area (Å²) in [7, 11) is 0. The van der Waals surface area contributed by atoms with Gasteiger partial charge in [0.15, 0.2) is 0 Å². The van der Waals surface area contributed by atoms with E-state index in [4.69, 9.17) is 4.74 Å². The fraction of sp³-hybridized carbons (Fsp3) is 0.353. The maximum absolute atomic E-state index is 5.74. The molecule has 1 aromatic carbocycles. The molecule has 1 fully saturated rings. The number of aryl methyl sites for hydroxylation is 1. The summed E-state index contributed by atoms with van der Waals surface area (Å²) in [6, 6.07) is 13.0. The minimum Gasteiger partial charge on any atom is -0.487 e. The lowest BCUT2D eigenvalue weighted by Crippen LogP contribution is -2.15. The molecule has 0 aliphatic heterocycles. The topological polar surface area (TPSA) is 34.1 Å². The van der Waals surface area contributed by atoms with Crippen LogP contribution in [0.25, 0.3) is 0 Å². The van der Waals surface area contributed by atoms with Gasteiger partial charge in [-0.05, 0) is 49.1 Å². The van der Waals surface area contributed by atoms with E-state index < -0.39 is 0 Å². The third kappa shape index (κ3) is 3.81. The van der Waals surface area contributed by atoms with Crippen LogP contribution in [-0.2, 0) is 13.2 Å². The lowest BCUT2D eigenvalue weighted by atomic mass is 10.2. The molecule has 1 aliphatic rings. The molecule has 1 aliphatic carbocycles. The number of pyridine rings is 1. The van der Waals surface area contributed by atoms with E-state index in [2.05, 4.69) is 29.4 Å². The lowest BCUT2D eigenvalue weighted by molar-refractivity contribution is 0.301. The van der Waals surface area contributed by atoms with Crippen molar-refractivity contribution in [3.05, 3.63) is 59.4 Å². The molecular weight excluding hydrogens is 248 g/mol. The normalized spacial score (nSPS) is 14.2. The maximum Gasteiger partial charge on any atom is 0.130 e. The van der Waals surface area contributed by atoms with Crippen LogP contribution in [0.15, 0.2) is 42.6 Å². The molecule has 3 heteroatoms. The van der Waals surface area contributed by atoms with Crippen LogP contribution in [0.5, 0.6) is 5.75 Å². The summed E-state index contributed by atoms with van der Waals surface area (Å²) in [5.74, 6) is 0.895. The van der Waals surface area contributed by atoms with Gasteiger partial charge in [-0.25, -0.2) is 0 Å². The molecule has 0 amide bonds. The molecule has 0 spiro atoms. The van der Waals surface area contributed by atoms with E-state index in [0.717, 1.165) is 24.0 Å². The first kappa shape index (κ1) is 13.1. The summed E-state index contributed by atoms with van der Waals surface area (Å²) in [5.41, 5.74) is 3.40. The highest BCUT2D eigenvalue weighted by atomic mass is 16.5. The molecule has 1 saturated carbocycles. The summed E-state index contributed by atoms with van der Waals surface area (Å²) < 4.78 is 5.74. The van der Waals surface area contributed by atoms with Crippen molar-refractivity contribution in [3.63, 3.8) is 0 Å². The number of aromatic nitrogens is 1. The molecule has 0 atom stereocenters. The third-order valence-electron chi connectivity index (χ3n) is 3.43. The van der Waals surface area contributed by atoms with E-state index in [9.17, 15) is 0 Å². The fourth-order valence-corrected chi connectivity index (χ4v) is 2.06. The van der Waals surface area contributed by atoms with Crippen molar-refractivity contribution >= 4 is 0 Å². The van der Waals surface area contributed by atoms with Gasteiger partial charge in [-0.3, -0.25) is 4.98 Å². The zero-order chi connectivity index (χ0) is 13.8. The highest BCUT2D eigenvalue weighted by Crippen LogP contribution is 2.19. The fourth-order valence-electron chi connectivity index (χ4n) is 2.06. The number of nitrogens with one attached hydrogen (secondary N) is 1. The minimum atomic E-state index is 0.514. The van der Waals surface area contributed by atoms with Gasteiger partial charge < -0.3 is 10.1 Å². The van der Waals surface area contributed by atoms with Crippen LogP contribution in [0, 0.1) is 6.92 Å². The number of hydrogen-bond acceptors (Lipinski definition) is 3. The standard InChI is InChI=1S/C17H20N2O/c1-13-3-2-4-17(9-13)20-12-16-6-5-14(11-19-16)10-18-15-7-8-15/h2-6,9,11,15,18H,7-8,10,12H2,1H3. The molecule has 1 heterocycles. The van der Waals surface area contributed by atoms with Crippen LogP contribution in [0.3, 0.4) is 0 Å². The number of hydrogen-bond donors (Lipinski definition) is 1. The van der Waals surface area contributed by atoms with E-state index in [-0.39, 0.29) is 0 Å². The molecule has 1 N–H and O–H groups in total. The molecule has 0 radical (unpaired) electrons. The Morgan fingerprint density at radius 3 is 2.85 bits per heavy atom. The van der Waals surface area contributed by atoms with Crippen molar-refractivity contribution in [2.45, 2.75) is 39.0 Å². The van der Waals surface area contributed by atoms with Gasteiger partial charge in [0.1, 0.15) is 12.4 Å². The molecule has 3 rings (SSSR count). The molecule has 0 bridgehead atoms. The Balaban J connectivity index is 1.52. The molecule has 104 valence electrons. The molecular formula is C17H20N2O. The predicted molar refractivity (Wildman–Crippen MR) is 79.6 cm³/mol. The summed E-state index contributed by atoms with van der Waals surface area (Å²) >= 11 is 0. The van der Waals surface area contributed by atoms with Crippen molar-refractivity contribution in [3.8, 4) is 5.75 Å². The Morgan fingerprint density at radius 1 is 1.25 bits per heavy atom. The first-order chi connectivity index (χ1) is 9.79. The SMILES string of the molecule is Cc1cccc(OCc2ccc(CNC3CC3)cn2)c1. The first-order valence-corrected chi connectivity index (χ1v) is 7.16. The van der Waals surface area contributed by atoms with Crippen molar-refractivity contribution in [1.29, 1.82) is 0 Å². The van der Waals surface area contributed by atoms with E-state index >= 15 is 0 Å². The van der Waals surface area contributed by atoms with Gasteiger partial charge in [0.25, 0.3) is 0 Å². The van der Waals surface area contributed by atoms with Crippen LogP contribution in [0.2, 0.25) is 0 Å². The number of ether oxygens (including phenoxy) is 1. The van der Waals surface area contributed by atoms with Crippen LogP contribution < -0.4 is 10.1 Å². The zero-order valence-corrected chi connectivity index (χ0v) is 11.8. The van der Waals surface area contributed by atoms with Gasteiger partial charge in [0.2, 0.25) is 0 Å². The van der Waals surface area contributed by atoms with E-state index in [1.54, 1.807) is 0 Å². The highest BCUT2D eigenvalue weighted by Gasteiger charge is 2.19. The summed E-state index contributed by atoms with van der Waals surface area (Å²) in [4.78, 5) is 4.45. The molecule has 1 aromatic heterocycles. The van der Waals surface area contributed by atoms with E-state index in [1.807, 2.05) is 30.5 Å². The molecule has 2 aromatic rings. The third-order valence-corrected chi connectivity index (χ3v) is 3.43. The Kier molecular flexibility index (Phi) is 3.97. The highest BCUT2D eigenvalue weighted by molar-refractivity contribution is 5.27. The second kappa shape index (κ2) is 6.06. The lowest BCUT2D eigenvalue weighted by Gasteiger charge is -2.07. The van der Waals surface area contributed by atoms with E-state index in [1.165, 1.54) is 24.0 Å². The van der Waals surface area contributed by atoms with Crippen LogP contribution in [-0.4, -0.2) is 11.0 Å². The first-order valence-electron chi connectivity index (χ1n) is 7.16. The Hall–Kier alpha value is -1.87. The second-order valence-corrected chi connectivity index (χ2v) is 5.42. The zero-order valence-electron chi connectivity index (χ0n) is 11.8. The van der Waals surface area contributed by atoms with Crippen molar-refractivity contribution in [2.75, 3.05) is 0 Å². The average Bonchev–Trinajstić information content (AvgIpc) is 3.28. The minimum absolute atomic E-state index is 0.514. The Morgan fingerprint density at radius 2 is 2.15 bits per heavy atom. The molecule has 3 nitrogen and oxygen atoms in total. The van der Waals surface area contributed by atoms with Gasteiger partial charge in [0, 0.05) is 18.8 Å². The molecule has 0 unspecified atom stereocenters. The van der Waals surface area contributed by atoms with Crippen molar-refractivity contribution < 1.29 is 4.74 Å². The summed E-state index contributed by atoms with van der Waals surface area (Å²) in [6.45, 7) is 3.49. The largest absolute Gasteiger partial charge is 0.487 e. The molecule has 20 heavy (non-hydrogen) atoms. The monoisotopic (exact) mass is 268 g/mol. The second-order valence-electron chi connectivity index (χ2n) is 5.42. The number of benzene rings is 1. The van der Waals surface area contributed by atoms with Gasteiger partial charge in [-0.1, -0.05) is 18.2 Å². The van der Waals surface area contributed by atoms with Crippen LogP contribution in [0.4, 0.5) is 0 Å². The quantitative estimate of drug-likeness (QED) is 0.873. The average molecular weight is 268 g/mol. The number of nitrogens with zero attached hydrogens (tertiary/aromatic N) is 1. The van der Waals surface area contributed by atoms with Crippen molar-refractivity contribution in [2.24, 2.45) is 0 Å². The van der Waals surface area contributed by atoms with Crippen molar-refractivity contribution in [1.82, 2.24) is 10.3 Å². The van der Waals surface area contributed by atoms with Gasteiger partial charge in [-0.2, -0.15) is 0 Å². The maximum atomic E-state index is 5.74. The summed E-state index contributed by atoms with van der Waals surface area (Å²) in [5, 5.41) is 3.49. The molecule has 0 saturated heterocycles.